The van der Waals surface area contributed by atoms with Crippen LogP contribution in [0.2, 0.25) is 0 Å². The van der Waals surface area contributed by atoms with Gasteiger partial charge in [0.05, 0.1) is 13.0 Å². The van der Waals surface area contributed by atoms with Crippen molar-refractivity contribution in [2.24, 2.45) is 0 Å². The highest BCUT2D eigenvalue weighted by atomic mass is 28.3. The summed E-state index contributed by atoms with van der Waals surface area (Å²) in [6.45, 7) is 0.648. The molecule has 2 heterocycles. The summed E-state index contributed by atoms with van der Waals surface area (Å²) < 4.78 is 24.3. The lowest BCUT2D eigenvalue weighted by Crippen LogP contribution is -2.60. The van der Waals surface area contributed by atoms with E-state index < -0.39 is 15.1 Å². The van der Waals surface area contributed by atoms with Crippen molar-refractivity contribution in [3.63, 3.8) is 0 Å². The molecular formula is C3H4O4Si. The second kappa shape index (κ2) is 1.11. The molecule has 0 aromatic rings. The zero-order valence-corrected chi connectivity index (χ0v) is 5.05. The van der Waals surface area contributed by atoms with Crippen LogP contribution in [0.15, 0.2) is 0 Å². The lowest BCUT2D eigenvalue weighted by Gasteiger charge is -2.45. The SMILES string of the molecule is O=[Si]1OC2(CCO2)O1. The molecule has 8 heavy (non-hydrogen) atoms. The zero-order valence-electron chi connectivity index (χ0n) is 4.05. The molecule has 0 unspecified atom stereocenters. The Morgan fingerprint density at radius 3 is 2.25 bits per heavy atom. The second-order valence-corrected chi connectivity index (χ2v) is 2.64. The summed E-state index contributed by atoms with van der Waals surface area (Å²) in [4.78, 5) is 0. The van der Waals surface area contributed by atoms with E-state index in [0.717, 1.165) is 0 Å². The van der Waals surface area contributed by atoms with Gasteiger partial charge in [-0.05, 0) is 0 Å². The van der Waals surface area contributed by atoms with Crippen molar-refractivity contribution in [2.45, 2.75) is 12.4 Å². The minimum atomic E-state index is -2.14. The first-order valence-electron chi connectivity index (χ1n) is 2.37. The average molecular weight is 132 g/mol. The molecule has 0 amide bonds. The lowest BCUT2D eigenvalue weighted by molar-refractivity contribution is -0.432. The van der Waals surface area contributed by atoms with Crippen LogP contribution in [0.25, 0.3) is 0 Å². The standard InChI is InChI=1S/C3H4O4Si/c4-8-6-3(7-8)1-2-5-3/h1-2H2. The first-order chi connectivity index (χ1) is 3.81. The van der Waals surface area contributed by atoms with E-state index in [1.807, 2.05) is 0 Å². The largest absolute Gasteiger partial charge is 0.776 e. The molecule has 0 aromatic heterocycles. The van der Waals surface area contributed by atoms with E-state index in [0.29, 0.717) is 13.0 Å². The summed E-state index contributed by atoms with van der Waals surface area (Å²) in [5.41, 5.74) is 0. The molecular weight excluding hydrogens is 128 g/mol. The van der Waals surface area contributed by atoms with Crippen LogP contribution in [-0.4, -0.2) is 21.8 Å². The van der Waals surface area contributed by atoms with Gasteiger partial charge in [0.15, 0.2) is 0 Å². The number of hydrogen-bond donors (Lipinski definition) is 0. The maximum absolute atomic E-state index is 10.2. The minimum absolute atomic E-state index is 0.648. The van der Waals surface area contributed by atoms with Crippen LogP contribution in [0.1, 0.15) is 6.42 Å². The van der Waals surface area contributed by atoms with Crippen molar-refractivity contribution in [1.29, 1.82) is 0 Å². The molecule has 0 atom stereocenters. The summed E-state index contributed by atoms with van der Waals surface area (Å²) in [7, 11) is -2.14. The summed E-state index contributed by atoms with van der Waals surface area (Å²) in [6, 6.07) is 0. The third-order valence-corrected chi connectivity index (χ3v) is 2.16. The van der Waals surface area contributed by atoms with Crippen molar-refractivity contribution in [3.05, 3.63) is 0 Å². The fourth-order valence-corrected chi connectivity index (χ4v) is 1.54. The Kier molecular flexibility index (Phi) is 0.618. The van der Waals surface area contributed by atoms with Crippen LogP contribution in [-0.2, 0) is 18.1 Å². The van der Waals surface area contributed by atoms with Crippen LogP contribution in [0.4, 0.5) is 0 Å². The molecule has 5 heteroatoms. The molecule has 4 nitrogen and oxygen atoms in total. The van der Waals surface area contributed by atoms with Gasteiger partial charge in [-0.1, -0.05) is 0 Å². The van der Waals surface area contributed by atoms with Crippen molar-refractivity contribution >= 4 is 9.17 Å². The second-order valence-electron chi connectivity index (χ2n) is 1.74. The summed E-state index contributed by atoms with van der Waals surface area (Å²) in [5, 5.41) is 0. The molecule has 0 N–H and O–H groups in total. The summed E-state index contributed by atoms with van der Waals surface area (Å²) in [6.07, 6.45) is 0.712. The number of rotatable bonds is 0. The van der Waals surface area contributed by atoms with Gasteiger partial charge in [0.25, 0.3) is 0 Å². The van der Waals surface area contributed by atoms with E-state index in [-0.39, 0.29) is 0 Å². The Bertz CT molecular complexity index is 130. The van der Waals surface area contributed by atoms with Crippen molar-refractivity contribution in [1.82, 2.24) is 0 Å². The van der Waals surface area contributed by atoms with Crippen LogP contribution < -0.4 is 0 Å². The molecule has 2 aliphatic rings. The van der Waals surface area contributed by atoms with E-state index in [1.165, 1.54) is 0 Å². The van der Waals surface area contributed by atoms with Crippen LogP contribution in [0, 0.1) is 0 Å². The van der Waals surface area contributed by atoms with Crippen LogP contribution >= 0.6 is 0 Å². The molecule has 0 bridgehead atoms. The Morgan fingerprint density at radius 1 is 1.50 bits per heavy atom. The molecule has 1 spiro atoms. The van der Waals surface area contributed by atoms with E-state index in [1.54, 1.807) is 0 Å². The molecule has 2 rings (SSSR count). The maximum atomic E-state index is 10.2. The molecule has 0 saturated carbocycles. The molecule has 2 fully saturated rings. The Morgan fingerprint density at radius 2 is 2.12 bits per heavy atom. The van der Waals surface area contributed by atoms with Crippen LogP contribution in [0.3, 0.4) is 0 Å². The normalized spacial score (nSPS) is 29.8. The molecule has 0 aromatic carbocycles. The van der Waals surface area contributed by atoms with E-state index in [9.17, 15) is 4.46 Å². The third-order valence-electron chi connectivity index (χ3n) is 1.21. The molecule has 0 radical (unpaired) electrons. The van der Waals surface area contributed by atoms with Crippen molar-refractivity contribution < 1.29 is 18.1 Å². The van der Waals surface area contributed by atoms with E-state index >= 15 is 0 Å². The topological polar surface area (TPSA) is 44.8 Å². The van der Waals surface area contributed by atoms with Gasteiger partial charge in [-0.15, -0.1) is 0 Å². The molecule has 2 aliphatic heterocycles. The zero-order chi connectivity index (χ0) is 5.61. The molecule has 0 aliphatic carbocycles. The van der Waals surface area contributed by atoms with E-state index in [2.05, 4.69) is 8.85 Å². The highest BCUT2D eigenvalue weighted by Gasteiger charge is 2.57. The predicted molar refractivity (Wildman–Crippen MR) is 21.9 cm³/mol. The number of ether oxygens (including phenoxy) is 1. The summed E-state index contributed by atoms with van der Waals surface area (Å²) >= 11 is 0. The van der Waals surface area contributed by atoms with Gasteiger partial charge < -0.3 is 13.6 Å². The maximum Gasteiger partial charge on any atom is 0.776 e. The van der Waals surface area contributed by atoms with Gasteiger partial charge in [0.1, 0.15) is 0 Å². The first kappa shape index (κ1) is 4.46. The fourth-order valence-electron chi connectivity index (χ4n) is 0.691. The predicted octanol–water partition coefficient (Wildman–Crippen LogP) is -0.477. The monoisotopic (exact) mass is 132 g/mol. The van der Waals surface area contributed by atoms with Crippen LogP contribution in [0.5, 0.6) is 0 Å². The minimum Gasteiger partial charge on any atom is -0.435 e. The quantitative estimate of drug-likeness (QED) is 0.418. The smallest absolute Gasteiger partial charge is 0.435 e. The summed E-state index contributed by atoms with van der Waals surface area (Å²) in [5.74, 6) is -0.851. The highest BCUT2D eigenvalue weighted by Crippen LogP contribution is 2.35. The van der Waals surface area contributed by atoms with Gasteiger partial charge in [0.2, 0.25) is 0 Å². The molecule has 44 valence electrons. The Balaban J connectivity index is 2.01. The Labute approximate surface area is 47.2 Å². The van der Waals surface area contributed by atoms with Gasteiger partial charge >= 0.3 is 15.1 Å². The van der Waals surface area contributed by atoms with E-state index in [4.69, 9.17) is 4.74 Å². The third kappa shape index (κ3) is 0.378. The number of hydrogen-bond acceptors (Lipinski definition) is 4. The van der Waals surface area contributed by atoms with Gasteiger partial charge in [-0.2, -0.15) is 0 Å². The van der Waals surface area contributed by atoms with Crippen molar-refractivity contribution in [2.75, 3.05) is 6.61 Å². The highest BCUT2D eigenvalue weighted by molar-refractivity contribution is 6.28. The Hall–Kier alpha value is -0.423. The van der Waals surface area contributed by atoms with Gasteiger partial charge in [-0.25, -0.2) is 0 Å². The average Bonchev–Trinajstić information content (AvgIpc) is 1.51. The fraction of sp³-hybridized carbons (Fsp3) is 1.00. The van der Waals surface area contributed by atoms with Gasteiger partial charge in [-0.3, -0.25) is 4.46 Å². The van der Waals surface area contributed by atoms with Crippen molar-refractivity contribution in [3.8, 4) is 0 Å². The van der Waals surface area contributed by atoms with Gasteiger partial charge in [0, 0.05) is 0 Å². The molecule has 2 saturated heterocycles. The lowest BCUT2D eigenvalue weighted by atomic mass is 10.3. The first-order valence-corrected chi connectivity index (χ1v) is 3.59.